The Morgan fingerprint density at radius 3 is 2.31 bits per heavy atom. The SMILES string of the molecule is CC(=O)C1CC(CC(C)C)C1(C)C. The smallest absolute Gasteiger partial charge is 0.133 e. The first-order valence-electron chi connectivity index (χ1n) is 5.36. The molecule has 0 radical (unpaired) electrons. The van der Waals surface area contributed by atoms with E-state index in [2.05, 4.69) is 27.7 Å². The lowest BCUT2D eigenvalue weighted by molar-refractivity contribution is -0.137. The molecule has 13 heavy (non-hydrogen) atoms. The first kappa shape index (κ1) is 10.7. The molecule has 0 bridgehead atoms. The van der Waals surface area contributed by atoms with Gasteiger partial charge in [-0.25, -0.2) is 0 Å². The highest BCUT2D eigenvalue weighted by atomic mass is 16.1. The van der Waals surface area contributed by atoms with Gasteiger partial charge in [0.1, 0.15) is 5.78 Å². The maximum Gasteiger partial charge on any atom is 0.133 e. The average molecular weight is 182 g/mol. The molecule has 1 saturated carbocycles. The number of Topliss-reactive ketones (excluding diaryl/α,β-unsaturated/α-hetero) is 1. The third-order valence-corrected chi connectivity index (χ3v) is 3.72. The summed E-state index contributed by atoms with van der Waals surface area (Å²) in [6.07, 6.45) is 2.40. The third kappa shape index (κ3) is 1.95. The average Bonchev–Trinajstić information content (AvgIpc) is 1.96. The van der Waals surface area contributed by atoms with Gasteiger partial charge in [-0.15, -0.1) is 0 Å². The molecule has 0 aliphatic heterocycles. The van der Waals surface area contributed by atoms with Crippen molar-refractivity contribution in [1.29, 1.82) is 0 Å². The number of hydrogen-bond acceptors (Lipinski definition) is 1. The summed E-state index contributed by atoms with van der Waals surface area (Å²) < 4.78 is 0. The zero-order valence-corrected chi connectivity index (χ0v) is 9.55. The fourth-order valence-electron chi connectivity index (χ4n) is 2.67. The van der Waals surface area contributed by atoms with Gasteiger partial charge < -0.3 is 0 Å². The van der Waals surface area contributed by atoms with Crippen molar-refractivity contribution in [3.05, 3.63) is 0 Å². The molecule has 1 heteroatoms. The van der Waals surface area contributed by atoms with Gasteiger partial charge in [0.05, 0.1) is 0 Å². The lowest BCUT2D eigenvalue weighted by atomic mass is 9.52. The first-order valence-corrected chi connectivity index (χ1v) is 5.36. The molecule has 0 aromatic heterocycles. The molecule has 0 aromatic carbocycles. The standard InChI is InChI=1S/C12H22O/c1-8(2)6-10-7-11(9(3)13)12(10,4)5/h8,10-11H,6-7H2,1-5H3. The van der Waals surface area contributed by atoms with Crippen LogP contribution in [0, 0.1) is 23.2 Å². The second-order valence-electron chi connectivity index (χ2n) is 5.55. The molecule has 76 valence electrons. The fourth-order valence-corrected chi connectivity index (χ4v) is 2.67. The van der Waals surface area contributed by atoms with Crippen LogP contribution in [-0.2, 0) is 4.79 Å². The lowest BCUT2D eigenvalue weighted by Gasteiger charge is -2.52. The van der Waals surface area contributed by atoms with E-state index < -0.39 is 0 Å². The van der Waals surface area contributed by atoms with Crippen LogP contribution in [-0.4, -0.2) is 5.78 Å². The summed E-state index contributed by atoms with van der Waals surface area (Å²) in [4.78, 5) is 11.3. The minimum absolute atomic E-state index is 0.260. The molecule has 0 aromatic rings. The highest BCUT2D eigenvalue weighted by Gasteiger charge is 2.49. The molecule has 0 spiro atoms. The lowest BCUT2D eigenvalue weighted by Crippen LogP contribution is -2.48. The zero-order valence-electron chi connectivity index (χ0n) is 9.55. The normalized spacial score (nSPS) is 31.5. The molecule has 1 aliphatic rings. The molecule has 0 saturated heterocycles. The first-order chi connectivity index (χ1) is 5.85. The Bertz CT molecular complexity index is 203. The minimum atomic E-state index is 0.260. The quantitative estimate of drug-likeness (QED) is 0.654. The number of rotatable bonds is 3. The molecular formula is C12H22O. The summed E-state index contributed by atoms with van der Waals surface area (Å²) in [5.41, 5.74) is 0.260. The summed E-state index contributed by atoms with van der Waals surface area (Å²) in [7, 11) is 0. The summed E-state index contributed by atoms with van der Waals surface area (Å²) in [5.74, 6) is 2.24. The van der Waals surface area contributed by atoms with E-state index in [1.54, 1.807) is 6.92 Å². The highest BCUT2D eigenvalue weighted by molar-refractivity contribution is 5.80. The predicted molar refractivity (Wildman–Crippen MR) is 55.5 cm³/mol. The van der Waals surface area contributed by atoms with Crippen LogP contribution in [0.2, 0.25) is 0 Å². The van der Waals surface area contributed by atoms with Crippen LogP contribution >= 0.6 is 0 Å². The highest BCUT2D eigenvalue weighted by Crippen LogP contribution is 2.53. The van der Waals surface area contributed by atoms with Crippen molar-refractivity contribution in [2.24, 2.45) is 23.2 Å². The summed E-state index contributed by atoms with van der Waals surface area (Å²) in [6.45, 7) is 10.7. The van der Waals surface area contributed by atoms with E-state index in [-0.39, 0.29) is 5.41 Å². The predicted octanol–water partition coefficient (Wildman–Crippen LogP) is 3.28. The Labute approximate surface area is 81.9 Å². The largest absolute Gasteiger partial charge is 0.300 e. The van der Waals surface area contributed by atoms with Gasteiger partial charge in [0.15, 0.2) is 0 Å². The topological polar surface area (TPSA) is 17.1 Å². The molecular weight excluding hydrogens is 160 g/mol. The molecule has 2 unspecified atom stereocenters. The van der Waals surface area contributed by atoms with Gasteiger partial charge >= 0.3 is 0 Å². The number of ketones is 1. The van der Waals surface area contributed by atoms with Gasteiger partial charge in [0.2, 0.25) is 0 Å². The van der Waals surface area contributed by atoms with Crippen LogP contribution in [0.15, 0.2) is 0 Å². The van der Waals surface area contributed by atoms with Crippen LogP contribution in [0.1, 0.15) is 47.5 Å². The Hall–Kier alpha value is -0.330. The van der Waals surface area contributed by atoms with Crippen molar-refractivity contribution in [2.45, 2.75) is 47.5 Å². The van der Waals surface area contributed by atoms with E-state index in [9.17, 15) is 4.79 Å². The minimum Gasteiger partial charge on any atom is -0.300 e. The fraction of sp³-hybridized carbons (Fsp3) is 0.917. The third-order valence-electron chi connectivity index (χ3n) is 3.72. The number of hydrogen-bond donors (Lipinski definition) is 0. The summed E-state index contributed by atoms with van der Waals surface area (Å²) in [5, 5.41) is 0. The number of carbonyl (C=O) groups is 1. The Kier molecular flexibility index (Phi) is 2.84. The molecule has 1 rings (SSSR count). The zero-order chi connectivity index (χ0) is 10.2. The van der Waals surface area contributed by atoms with Crippen molar-refractivity contribution in [1.82, 2.24) is 0 Å². The van der Waals surface area contributed by atoms with Gasteiger partial charge in [0.25, 0.3) is 0 Å². The Balaban J connectivity index is 2.54. The van der Waals surface area contributed by atoms with Crippen LogP contribution < -0.4 is 0 Å². The molecule has 1 fully saturated rings. The van der Waals surface area contributed by atoms with Crippen LogP contribution in [0.5, 0.6) is 0 Å². The van der Waals surface area contributed by atoms with Crippen LogP contribution in [0.3, 0.4) is 0 Å². The second kappa shape index (κ2) is 3.43. The summed E-state index contributed by atoms with van der Waals surface area (Å²) in [6, 6.07) is 0. The van der Waals surface area contributed by atoms with Gasteiger partial charge in [-0.05, 0) is 37.0 Å². The second-order valence-corrected chi connectivity index (χ2v) is 5.55. The van der Waals surface area contributed by atoms with Crippen molar-refractivity contribution >= 4 is 5.78 Å². The van der Waals surface area contributed by atoms with Crippen LogP contribution in [0.25, 0.3) is 0 Å². The molecule has 2 atom stereocenters. The van der Waals surface area contributed by atoms with Crippen molar-refractivity contribution in [3.8, 4) is 0 Å². The van der Waals surface area contributed by atoms with E-state index >= 15 is 0 Å². The van der Waals surface area contributed by atoms with Crippen molar-refractivity contribution in [3.63, 3.8) is 0 Å². The number of carbonyl (C=O) groups excluding carboxylic acids is 1. The molecule has 1 nitrogen and oxygen atoms in total. The summed E-state index contributed by atoms with van der Waals surface area (Å²) >= 11 is 0. The van der Waals surface area contributed by atoms with E-state index in [0.29, 0.717) is 11.7 Å². The molecule has 1 aliphatic carbocycles. The molecule has 0 heterocycles. The van der Waals surface area contributed by atoms with Crippen molar-refractivity contribution in [2.75, 3.05) is 0 Å². The van der Waals surface area contributed by atoms with E-state index in [1.165, 1.54) is 6.42 Å². The maximum atomic E-state index is 11.3. The van der Waals surface area contributed by atoms with Gasteiger partial charge in [-0.1, -0.05) is 27.7 Å². The monoisotopic (exact) mass is 182 g/mol. The van der Waals surface area contributed by atoms with Crippen molar-refractivity contribution < 1.29 is 4.79 Å². The molecule has 0 amide bonds. The van der Waals surface area contributed by atoms with E-state index in [1.807, 2.05) is 0 Å². The Morgan fingerprint density at radius 2 is 2.00 bits per heavy atom. The van der Waals surface area contributed by atoms with Gasteiger partial charge in [-0.2, -0.15) is 0 Å². The molecule has 0 N–H and O–H groups in total. The van der Waals surface area contributed by atoms with Crippen LogP contribution in [0.4, 0.5) is 0 Å². The Morgan fingerprint density at radius 1 is 1.46 bits per heavy atom. The maximum absolute atomic E-state index is 11.3. The van der Waals surface area contributed by atoms with Gasteiger partial charge in [0, 0.05) is 5.92 Å². The van der Waals surface area contributed by atoms with E-state index in [0.717, 1.165) is 18.3 Å². The van der Waals surface area contributed by atoms with Gasteiger partial charge in [-0.3, -0.25) is 4.79 Å². The van der Waals surface area contributed by atoms with E-state index in [4.69, 9.17) is 0 Å².